The van der Waals surface area contributed by atoms with Crippen LogP contribution in [-0.2, 0) is 6.42 Å². The van der Waals surface area contributed by atoms with Gasteiger partial charge in [-0.15, -0.1) is 0 Å². The fraction of sp³-hybridized carbons (Fsp3) is 0.538. The minimum absolute atomic E-state index is 0.0755. The summed E-state index contributed by atoms with van der Waals surface area (Å²) in [5.74, 6) is 0.506. The lowest BCUT2D eigenvalue weighted by molar-refractivity contribution is 0.369. The van der Waals surface area contributed by atoms with E-state index in [1.807, 2.05) is 6.07 Å². The molecule has 2 rings (SSSR count). The highest BCUT2D eigenvalue weighted by atomic mass is 79.9. The van der Waals surface area contributed by atoms with Crippen LogP contribution in [0.15, 0.2) is 22.7 Å². The van der Waals surface area contributed by atoms with Crippen molar-refractivity contribution in [3.05, 3.63) is 34.1 Å². The quantitative estimate of drug-likeness (QED) is 0.653. The first-order valence-corrected chi connectivity index (χ1v) is 7.45. The zero-order valence-electron chi connectivity index (χ0n) is 9.06. The van der Waals surface area contributed by atoms with E-state index in [2.05, 4.69) is 31.9 Å². The zero-order valence-corrected chi connectivity index (χ0v) is 12.2. The predicted molar refractivity (Wildman–Crippen MR) is 72.5 cm³/mol. The van der Waals surface area contributed by atoms with Crippen LogP contribution in [0.3, 0.4) is 0 Å². The summed E-state index contributed by atoms with van der Waals surface area (Å²) >= 11 is 7.12. The third-order valence-corrected chi connectivity index (χ3v) is 5.00. The summed E-state index contributed by atoms with van der Waals surface area (Å²) in [7, 11) is 0. The van der Waals surface area contributed by atoms with E-state index in [-0.39, 0.29) is 5.82 Å². The summed E-state index contributed by atoms with van der Waals surface area (Å²) in [6, 6.07) is 5.21. The molecular weight excluding hydrogens is 335 g/mol. The molecule has 3 heteroatoms. The molecule has 0 amide bonds. The fourth-order valence-electron chi connectivity index (χ4n) is 2.37. The monoisotopic (exact) mass is 348 g/mol. The molecule has 0 nitrogen and oxygen atoms in total. The summed E-state index contributed by atoms with van der Waals surface area (Å²) in [5.41, 5.74) is 0.839. The van der Waals surface area contributed by atoms with Gasteiger partial charge in [-0.1, -0.05) is 44.7 Å². The molecule has 88 valence electrons. The number of hydrogen-bond acceptors (Lipinski definition) is 0. The normalized spacial score (nSPS) is 25.7. The highest BCUT2D eigenvalue weighted by molar-refractivity contribution is 9.10. The molecular formula is C13H15Br2F. The Hall–Kier alpha value is 0.110. The van der Waals surface area contributed by atoms with E-state index in [0.29, 0.717) is 10.7 Å². The average Bonchev–Trinajstić information content (AvgIpc) is 2.27. The molecule has 0 spiro atoms. The van der Waals surface area contributed by atoms with Crippen molar-refractivity contribution < 1.29 is 4.39 Å². The molecule has 1 aliphatic carbocycles. The van der Waals surface area contributed by atoms with E-state index < -0.39 is 0 Å². The summed E-state index contributed by atoms with van der Waals surface area (Å²) in [5, 5.41) is 0. The van der Waals surface area contributed by atoms with Crippen molar-refractivity contribution in [2.75, 3.05) is 0 Å². The van der Waals surface area contributed by atoms with Crippen LogP contribution in [0.4, 0.5) is 4.39 Å². The molecule has 0 heterocycles. The highest BCUT2D eigenvalue weighted by Gasteiger charge is 2.23. The summed E-state index contributed by atoms with van der Waals surface area (Å²) in [4.78, 5) is 0.555. The van der Waals surface area contributed by atoms with Crippen LogP contribution in [-0.4, -0.2) is 4.83 Å². The first-order valence-electron chi connectivity index (χ1n) is 5.75. The Bertz CT molecular complexity index is 365. The lowest BCUT2D eigenvalue weighted by atomic mass is 9.84. The lowest BCUT2D eigenvalue weighted by Gasteiger charge is -2.27. The van der Waals surface area contributed by atoms with Crippen LogP contribution in [0, 0.1) is 11.7 Å². The second-order valence-corrected chi connectivity index (χ2v) is 6.59. The van der Waals surface area contributed by atoms with Crippen LogP contribution < -0.4 is 0 Å². The Morgan fingerprint density at radius 2 is 2.00 bits per heavy atom. The maximum Gasteiger partial charge on any atom is 0.126 e. The Kier molecular flexibility index (Phi) is 4.42. The smallest absolute Gasteiger partial charge is 0.126 e. The van der Waals surface area contributed by atoms with Gasteiger partial charge in [-0.3, -0.25) is 0 Å². The second-order valence-electron chi connectivity index (χ2n) is 4.50. The molecule has 2 atom stereocenters. The zero-order chi connectivity index (χ0) is 11.5. The maximum atomic E-state index is 13.6. The van der Waals surface area contributed by atoms with Crippen LogP contribution in [0.5, 0.6) is 0 Å². The molecule has 1 aliphatic rings. The molecule has 0 bridgehead atoms. The minimum Gasteiger partial charge on any atom is -0.207 e. The molecule has 0 saturated heterocycles. The van der Waals surface area contributed by atoms with E-state index in [9.17, 15) is 4.39 Å². The number of halogens is 3. The Labute approximate surface area is 113 Å². The van der Waals surface area contributed by atoms with Gasteiger partial charge >= 0.3 is 0 Å². The molecule has 1 aromatic carbocycles. The molecule has 1 aromatic rings. The molecule has 0 aliphatic heterocycles. The average molecular weight is 350 g/mol. The highest BCUT2D eigenvalue weighted by Crippen LogP contribution is 2.33. The van der Waals surface area contributed by atoms with E-state index in [0.717, 1.165) is 16.5 Å². The van der Waals surface area contributed by atoms with Gasteiger partial charge in [0, 0.05) is 9.30 Å². The number of hydrogen-bond donors (Lipinski definition) is 0. The van der Waals surface area contributed by atoms with Crippen LogP contribution in [0.25, 0.3) is 0 Å². The molecule has 16 heavy (non-hydrogen) atoms. The standard InChI is InChI=1S/C13H15Br2F/c14-11-5-6-13(16)10(8-11)7-9-3-1-2-4-12(9)15/h5-6,8-9,12H,1-4,7H2. The van der Waals surface area contributed by atoms with Crippen molar-refractivity contribution in [1.29, 1.82) is 0 Å². The van der Waals surface area contributed by atoms with Crippen molar-refractivity contribution in [2.24, 2.45) is 5.92 Å². The number of alkyl halides is 1. The van der Waals surface area contributed by atoms with Gasteiger partial charge in [0.2, 0.25) is 0 Å². The van der Waals surface area contributed by atoms with Crippen molar-refractivity contribution in [3.63, 3.8) is 0 Å². The van der Waals surface area contributed by atoms with Gasteiger partial charge in [0.15, 0.2) is 0 Å². The van der Waals surface area contributed by atoms with E-state index in [1.165, 1.54) is 25.7 Å². The van der Waals surface area contributed by atoms with Gasteiger partial charge in [0.05, 0.1) is 0 Å². The van der Waals surface area contributed by atoms with Crippen molar-refractivity contribution in [1.82, 2.24) is 0 Å². The van der Waals surface area contributed by atoms with Crippen LogP contribution in [0.2, 0.25) is 0 Å². The van der Waals surface area contributed by atoms with E-state index >= 15 is 0 Å². The number of benzene rings is 1. The molecule has 1 saturated carbocycles. The third-order valence-electron chi connectivity index (χ3n) is 3.31. The molecule has 0 aromatic heterocycles. The van der Waals surface area contributed by atoms with Crippen LogP contribution in [0.1, 0.15) is 31.2 Å². The predicted octanol–water partition coefficient (Wildman–Crippen LogP) is 5.08. The second kappa shape index (κ2) is 5.63. The third kappa shape index (κ3) is 3.07. The van der Waals surface area contributed by atoms with Gasteiger partial charge in [-0.2, -0.15) is 0 Å². The van der Waals surface area contributed by atoms with Gasteiger partial charge in [-0.25, -0.2) is 4.39 Å². The van der Waals surface area contributed by atoms with Gasteiger partial charge in [0.25, 0.3) is 0 Å². The van der Waals surface area contributed by atoms with Crippen molar-refractivity contribution >= 4 is 31.9 Å². The topological polar surface area (TPSA) is 0 Å². The summed E-state index contributed by atoms with van der Waals surface area (Å²) in [6.45, 7) is 0. The largest absolute Gasteiger partial charge is 0.207 e. The maximum absolute atomic E-state index is 13.6. The fourth-order valence-corrected chi connectivity index (χ4v) is 3.56. The Morgan fingerprint density at radius 1 is 1.25 bits per heavy atom. The van der Waals surface area contributed by atoms with Gasteiger partial charge in [0.1, 0.15) is 5.82 Å². The lowest BCUT2D eigenvalue weighted by Crippen LogP contribution is -2.21. The van der Waals surface area contributed by atoms with Crippen molar-refractivity contribution in [3.8, 4) is 0 Å². The van der Waals surface area contributed by atoms with Crippen LogP contribution >= 0.6 is 31.9 Å². The molecule has 0 radical (unpaired) electrons. The Morgan fingerprint density at radius 3 is 2.75 bits per heavy atom. The van der Waals surface area contributed by atoms with E-state index in [4.69, 9.17) is 0 Å². The SMILES string of the molecule is Fc1ccc(Br)cc1CC1CCCCC1Br. The summed E-state index contributed by atoms with van der Waals surface area (Å²) < 4.78 is 14.6. The Balaban J connectivity index is 2.10. The van der Waals surface area contributed by atoms with Gasteiger partial charge < -0.3 is 0 Å². The van der Waals surface area contributed by atoms with E-state index in [1.54, 1.807) is 12.1 Å². The van der Waals surface area contributed by atoms with Crippen molar-refractivity contribution in [2.45, 2.75) is 36.9 Å². The number of rotatable bonds is 2. The first-order chi connectivity index (χ1) is 7.66. The molecule has 1 fully saturated rings. The first kappa shape index (κ1) is 12.6. The molecule has 2 unspecified atom stereocenters. The minimum atomic E-state index is -0.0755. The van der Waals surface area contributed by atoms with Gasteiger partial charge in [-0.05, 0) is 48.9 Å². The molecule has 0 N–H and O–H groups in total. The summed E-state index contributed by atoms with van der Waals surface area (Å²) in [6.07, 6.45) is 5.86.